The third-order valence-corrected chi connectivity index (χ3v) is 11.5. The van der Waals surface area contributed by atoms with Crippen LogP contribution < -0.4 is 9.80 Å². The zero-order valence-electron chi connectivity index (χ0n) is 34.3. The van der Waals surface area contributed by atoms with Gasteiger partial charge in [0.2, 0.25) is 0 Å². The number of rotatable bonds is 11. The second-order valence-electron chi connectivity index (χ2n) is 15.4. The number of hydrogen-bond donors (Lipinski definition) is 0. The molecule has 0 amide bonds. The molecular weight excluding hydrogens is 749 g/mol. The van der Waals surface area contributed by atoms with Crippen molar-refractivity contribution in [3.63, 3.8) is 0 Å². The molecule has 0 aliphatic rings. The summed E-state index contributed by atoms with van der Waals surface area (Å²) in [7, 11) is 0. The average molecular weight is 793 g/mol. The fraction of sp³-hybridized carbons (Fsp3) is 0. The Balaban J connectivity index is 0.998. The molecule has 0 atom stereocenters. The van der Waals surface area contributed by atoms with Crippen molar-refractivity contribution >= 4 is 34.1 Å². The van der Waals surface area contributed by atoms with Gasteiger partial charge >= 0.3 is 0 Å². The lowest BCUT2D eigenvalue weighted by Crippen LogP contribution is -2.10. The quantitative estimate of drug-likeness (QED) is 0.129. The molecule has 0 unspecified atom stereocenters. The molecule has 0 spiro atoms. The van der Waals surface area contributed by atoms with Gasteiger partial charge in [-0.25, -0.2) is 0 Å². The summed E-state index contributed by atoms with van der Waals surface area (Å²) in [6.07, 6.45) is 0. The topological polar surface area (TPSA) is 6.48 Å². The Morgan fingerprint density at radius 3 is 0.790 bits per heavy atom. The van der Waals surface area contributed by atoms with Crippen LogP contribution in [0.2, 0.25) is 0 Å². The van der Waals surface area contributed by atoms with Crippen LogP contribution >= 0.6 is 0 Å². The van der Waals surface area contributed by atoms with Crippen LogP contribution in [0.3, 0.4) is 0 Å². The van der Waals surface area contributed by atoms with E-state index < -0.39 is 0 Å². The molecule has 0 saturated carbocycles. The minimum Gasteiger partial charge on any atom is -0.311 e. The zero-order chi connectivity index (χ0) is 41.5. The van der Waals surface area contributed by atoms with Crippen molar-refractivity contribution in [2.45, 2.75) is 0 Å². The molecular formula is C60H44N2. The lowest BCUT2D eigenvalue weighted by atomic mass is 9.93. The Bertz CT molecular complexity index is 2990. The Labute approximate surface area is 364 Å². The molecule has 0 N–H and O–H groups in total. The summed E-state index contributed by atoms with van der Waals surface area (Å²) in [6.45, 7) is 0. The molecule has 2 nitrogen and oxygen atoms in total. The first-order valence-electron chi connectivity index (χ1n) is 21.2. The number of anilines is 6. The predicted molar refractivity (Wildman–Crippen MR) is 263 cm³/mol. The molecule has 10 aromatic rings. The molecule has 0 fully saturated rings. The Morgan fingerprint density at radius 1 is 0.161 bits per heavy atom. The maximum Gasteiger partial charge on any atom is 0.0468 e. The van der Waals surface area contributed by atoms with Crippen molar-refractivity contribution in [3.8, 4) is 55.6 Å². The number of hydrogen-bond acceptors (Lipinski definition) is 2. The van der Waals surface area contributed by atoms with Crippen molar-refractivity contribution < 1.29 is 0 Å². The van der Waals surface area contributed by atoms with E-state index in [4.69, 9.17) is 0 Å². The second kappa shape index (κ2) is 17.6. The van der Waals surface area contributed by atoms with E-state index >= 15 is 0 Å². The summed E-state index contributed by atoms with van der Waals surface area (Å²) in [5, 5.41) is 0. The van der Waals surface area contributed by atoms with Crippen LogP contribution in [0.5, 0.6) is 0 Å². The lowest BCUT2D eigenvalue weighted by molar-refractivity contribution is 1.28. The van der Waals surface area contributed by atoms with Crippen LogP contribution in [0.1, 0.15) is 0 Å². The molecule has 0 aromatic heterocycles. The summed E-state index contributed by atoms with van der Waals surface area (Å²) in [5.74, 6) is 0. The van der Waals surface area contributed by atoms with Crippen molar-refractivity contribution in [1.29, 1.82) is 0 Å². The van der Waals surface area contributed by atoms with Crippen LogP contribution in [0.15, 0.2) is 267 Å². The molecule has 10 rings (SSSR count). The van der Waals surface area contributed by atoms with Gasteiger partial charge in [-0.05, 0) is 128 Å². The lowest BCUT2D eigenvalue weighted by Gasteiger charge is -2.27. The summed E-state index contributed by atoms with van der Waals surface area (Å²) < 4.78 is 0. The SMILES string of the molecule is c1ccc(-c2ccc(-c3ccc(N(c4ccccc4)c4ccc(-c5ccc(N(c6ccccc6)c6ccc(-c7ccccc7)cc6)cc5)c(-c5ccccc5)c4)cc3)cc2)cc1. The van der Waals surface area contributed by atoms with E-state index in [1.165, 1.54) is 50.1 Å². The molecule has 0 heterocycles. The van der Waals surface area contributed by atoms with E-state index in [0.29, 0.717) is 0 Å². The summed E-state index contributed by atoms with van der Waals surface area (Å²) >= 11 is 0. The monoisotopic (exact) mass is 792 g/mol. The van der Waals surface area contributed by atoms with Crippen molar-refractivity contribution in [1.82, 2.24) is 0 Å². The van der Waals surface area contributed by atoms with Gasteiger partial charge in [-0.15, -0.1) is 0 Å². The van der Waals surface area contributed by atoms with Crippen molar-refractivity contribution in [2.75, 3.05) is 9.80 Å². The third kappa shape index (κ3) is 8.06. The van der Waals surface area contributed by atoms with E-state index in [-0.39, 0.29) is 0 Å². The fourth-order valence-corrected chi connectivity index (χ4v) is 8.34. The molecule has 294 valence electrons. The normalized spacial score (nSPS) is 10.9. The standard InChI is InChI=1S/C60H44N2/c1-6-16-45(17-7-1)47-26-28-48(29-27-47)50-32-38-57(39-33-50)62(54-24-14-5-15-25-54)58-42-43-59(60(44-58)51-20-10-3-11-21-51)52-34-40-56(41-35-52)61(53-22-12-4-13-23-53)55-36-30-49(31-37-55)46-18-8-2-9-19-46/h1-44H. The van der Waals surface area contributed by atoms with Gasteiger partial charge in [0, 0.05) is 34.1 Å². The maximum atomic E-state index is 2.35. The highest BCUT2D eigenvalue weighted by molar-refractivity contribution is 5.90. The minimum absolute atomic E-state index is 1.09. The fourth-order valence-electron chi connectivity index (χ4n) is 8.34. The van der Waals surface area contributed by atoms with Crippen LogP contribution in [0.4, 0.5) is 34.1 Å². The minimum atomic E-state index is 1.09. The van der Waals surface area contributed by atoms with Gasteiger partial charge < -0.3 is 9.80 Å². The Kier molecular flexibility index (Phi) is 10.8. The van der Waals surface area contributed by atoms with E-state index in [2.05, 4.69) is 277 Å². The zero-order valence-corrected chi connectivity index (χ0v) is 34.3. The van der Waals surface area contributed by atoms with E-state index in [0.717, 1.165) is 39.7 Å². The molecule has 0 radical (unpaired) electrons. The van der Waals surface area contributed by atoms with Crippen molar-refractivity contribution in [2.24, 2.45) is 0 Å². The van der Waals surface area contributed by atoms with Gasteiger partial charge in [0.25, 0.3) is 0 Å². The number of para-hydroxylation sites is 2. The molecule has 0 aliphatic heterocycles. The van der Waals surface area contributed by atoms with Crippen molar-refractivity contribution in [3.05, 3.63) is 267 Å². The number of nitrogens with zero attached hydrogens (tertiary/aromatic N) is 2. The molecule has 2 heteroatoms. The molecule has 10 aromatic carbocycles. The molecule has 0 bridgehead atoms. The van der Waals surface area contributed by atoms with Gasteiger partial charge in [0.1, 0.15) is 0 Å². The van der Waals surface area contributed by atoms with Crippen LogP contribution in [0, 0.1) is 0 Å². The maximum absolute atomic E-state index is 2.35. The summed E-state index contributed by atoms with van der Waals surface area (Å²) in [4.78, 5) is 4.67. The first-order valence-corrected chi connectivity index (χ1v) is 21.2. The van der Waals surface area contributed by atoms with Crippen LogP contribution in [0.25, 0.3) is 55.6 Å². The van der Waals surface area contributed by atoms with Gasteiger partial charge in [0.05, 0.1) is 0 Å². The van der Waals surface area contributed by atoms with E-state index in [1.54, 1.807) is 0 Å². The third-order valence-electron chi connectivity index (χ3n) is 11.5. The molecule has 0 saturated heterocycles. The molecule has 62 heavy (non-hydrogen) atoms. The van der Waals surface area contributed by atoms with E-state index in [9.17, 15) is 0 Å². The van der Waals surface area contributed by atoms with Crippen LogP contribution in [-0.2, 0) is 0 Å². The summed E-state index contributed by atoms with van der Waals surface area (Å²) in [5.41, 5.74) is 18.5. The van der Waals surface area contributed by atoms with E-state index in [1.807, 2.05) is 0 Å². The summed E-state index contributed by atoms with van der Waals surface area (Å²) in [6, 6.07) is 95.5. The highest BCUT2D eigenvalue weighted by atomic mass is 15.1. The van der Waals surface area contributed by atoms with Gasteiger partial charge in [-0.3, -0.25) is 0 Å². The smallest absolute Gasteiger partial charge is 0.0468 e. The van der Waals surface area contributed by atoms with Gasteiger partial charge in [-0.1, -0.05) is 194 Å². The second-order valence-corrected chi connectivity index (χ2v) is 15.4. The van der Waals surface area contributed by atoms with Gasteiger partial charge in [-0.2, -0.15) is 0 Å². The molecule has 0 aliphatic carbocycles. The number of benzene rings is 10. The average Bonchev–Trinajstić information content (AvgIpc) is 3.36. The highest BCUT2D eigenvalue weighted by Crippen LogP contribution is 2.43. The first-order chi connectivity index (χ1) is 30.7. The van der Waals surface area contributed by atoms with Crippen LogP contribution in [-0.4, -0.2) is 0 Å². The first kappa shape index (κ1) is 38.0. The Morgan fingerprint density at radius 2 is 0.403 bits per heavy atom. The highest BCUT2D eigenvalue weighted by Gasteiger charge is 2.18. The Hall–Kier alpha value is -8.20. The predicted octanol–water partition coefficient (Wildman–Crippen LogP) is 17.0. The largest absolute Gasteiger partial charge is 0.311 e. The van der Waals surface area contributed by atoms with Gasteiger partial charge in [0.15, 0.2) is 0 Å².